The second-order valence-electron chi connectivity index (χ2n) is 22.3. The van der Waals surface area contributed by atoms with Crippen LogP contribution in [0.4, 0.5) is 0 Å². The lowest BCUT2D eigenvalue weighted by Gasteiger charge is -2.23. The van der Waals surface area contributed by atoms with Gasteiger partial charge in [0.2, 0.25) is 0 Å². The van der Waals surface area contributed by atoms with Gasteiger partial charge >= 0.3 is 0 Å². The summed E-state index contributed by atoms with van der Waals surface area (Å²) in [6.45, 7) is 54.9. The Morgan fingerprint density at radius 3 is 0.750 bits per heavy atom. The highest BCUT2D eigenvalue weighted by molar-refractivity contribution is 4.80. The zero-order valence-electron chi connectivity index (χ0n) is 43.4. The van der Waals surface area contributed by atoms with E-state index in [1.165, 1.54) is 77.0 Å². The monoisotopic (exact) mass is 795 g/mol. The minimum atomic E-state index is 0.782. The van der Waals surface area contributed by atoms with E-state index < -0.39 is 0 Å². The van der Waals surface area contributed by atoms with Crippen molar-refractivity contribution in [2.45, 2.75) is 229 Å². The summed E-state index contributed by atoms with van der Waals surface area (Å²) in [5.41, 5.74) is 0. The molecule has 0 saturated carbocycles. The molecule has 0 aromatic heterocycles. The topological polar surface area (TPSA) is 18.5 Å². The smallest absolute Gasteiger partial charge is 0.0500 e. The Labute approximate surface area is 358 Å². The molecule has 2 aliphatic heterocycles. The number of rotatable bonds is 21. The lowest BCUT2D eigenvalue weighted by Crippen LogP contribution is -2.22. The van der Waals surface area contributed by atoms with Crippen LogP contribution in [-0.2, 0) is 9.47 Å². The van der Waals surface area contributed by atoms with Crippen molar-refractivity contribution in [1.29, 1.82) is 0 Å². The van der Waals surface area contributed by atoms with Gasteiger partial charge in [-0.25, -0.2) is 0 Å². The number of hydrogen-bond donors (Lipinski definition) is 0. The maximum absolute atomic E-state index is 5.49. The molecule has 0 aliphatic carbocycles. The molecule has 6 atom stereocenters. The molecule has 2 nitrogen and oxygen atoms in total. The van der Waals surface area contributed by atoms with Gasteiger partial charge in [0.15, 0.2) is 0 Å². The van der Waals surface area contributed by atoms with Crippen molar-refractivity contribution in [3.8, 4) is 0 Å². The Kier molecular flexibility index (Phi) is 39.5. The fourth-order valence-electron chi connectivity index (χ4n) is 8.56. The van der Waals surface area contributed by atoms with E-state index >= 15 is 0 Å². The third-order valence-electron chi connectivity index (χ3n) is 12.9. The maximum Gasteiger partial charge on any atom is 0.0500 e. The van der Waals surface area contributed by atoms with Gasteiger partial charge in [0.1, 0.15) is 0 Å². The van der Waals surface area contributed by atoms with Crippen LogP contribution in [0.1, 0.15) is 229 Å². The number of ether oxygens (including phenoxy) is 2. The molecule has 0 spiro atoms. The van der Waals surface area contributed by atoms with Crippen LogP contribution in [0, 0.1) is 94.7 Å². The molecule has 0 radical (unpaired) electrons. The van der Waals surface area contributed by atoms with E-state index in [1.54, 1.807) is 0 Å². The van der Waals surface area contributed by atoms with Gasteiger partial charge in [0.05, 0.1) is 0 Å². The van der Waals surface area contributed by atoms with Crippen LogP contribution >= 0.6 is 0 Å². The normalized spacial score (nSPS) is 20.8. The van der Waals surface area contributed by atoms with Crippen molar-refractivity contribution in [3.05, 3.63) is 0 Å². The summed E-state index contributed by atoms with van der Waals surface area (Å²) in [5.74, 6) is 13.5. The van der Waals surface area contributed by atoms with E-state index in [1.807, 2.05) is 0 Å². The van der Waals surface area contributed by atoms with Crippen LogP contribution in [0.3, 0.4) is 0 Å². The van der Waals surface area contributed by atoms with Crippen LogP contribution in [0.2, 0.25) is 0 Å². The zero-order valence-corrected chi connectivity index (χ0v) is 43.4. The number of hydrogen-bond acceptors (Lipinski definition) is 2. The van der Waals surface area contributed by atoms with E-state index in [4.69, 9.17) is 9.47 Å². The molecule has 0 amide bonds. The van der Waals surface area contributed by atoms with Gasteiger partial charge in [-0.15, -0.1) is 0 Å². The van der Waals surface area contributed by atoms with Crippen molar-refractivity contribution in [1.82, 2.24) is 0 Å². The first kappa shape index (κ1) is 60.2. The molecule has 2 heteroatoms. The predicted octanol–water partition coefficient (Wildman–Crippen LogP) is 18.0. The quantitative estimate of drug-likeness (QED) is 0.108. The average Bonchev–Trinajstić information content (AvgIpc) is 3.79. The molecule has 0 aromatic carbocycles. The second kappa shape index (κ2) is 36.7. The highest BCUT2D eigenvalue weighted by Gasteiger charge is 2.33. The molecule has 56 heavy (non-hydrogen) atoms. The average molecular weight is 796 g/mol. The van der Waals surface area contributed by atoms with Gasteiger partial charge in [0, 0.05) is 26.4 Å². The van der Waals surface area contributed by atoms with Crippen LogP contribution < -0.4 is 0 Å². The standard InChI is InChI=1S/2C13H28.2C10H20O.C8H18/c2*1-6-7-8-9-13(12(4)5)10-11(2)3;2*1-7(2)9-5-11-6-10(9)8(3)4;1-7(2)5-6-8(3)4/h2*11-13H,6-10H2,1-5H3;2*7-10H,5-6H2,1-4H3;7-8H,5-6H2,1-4H3/t;;9-,10+;;. The lowest BCUT2D eigenvalue weighted by molar-refractivity contribution is 0.172. The molecule has 2 aliphatic rings. The summed E-state index contributed by atoms with van der Waals surface area (Å²) in [7, 11) is 0. The summed E-state index contributed by atoms with van der Waals surface area (Å²) < 4.78 is 11.0. The van der Waals surface area contributed by atoms with Crippen molar-refractivity contribution in [3.63, 3.8) is 0 Å². The minimum Gasteiger partial charge on any atom is -0.381 e. The Hall–Kier alpha value is -0.0800. The molecular formula is C54H114O2. The van der Waals surface area contributed by atoms with E-state index in [-0.39, 0.29) is 0 Å². The Morgan fingerprint density at radius 2 is 0.589 bits per heavy atom. The molecule has 0 aromatic rings. The SMILES string of the molecule is CC(C)C1COCC1C(C)C.CC(C)CCC(C)C.CC(C)[C@H]1COC[C@H]1C(C)C.CCCCCC(CC(C)C)C(C)C.CCCCCC(CC(C)C)C(C)C. The Balaban J connectivity index is -0.000000632. The molecule has 0 N–H and O–H groups in total. The first-order valence-electron chi connectivity index (χ1n) is 25.2. The zero-order chi connectivity index (χ0) is 44.0. The summed E-state index contributed by atoms with van der Waals surface area (Å²) in [6, 6.07) is 0. The van der Waals surface area contributed by atoms with Crippen LogP contribution in [0.25, 0.3) is 0 Å². The van der Waals surface area contributed by atoms with Gasteiger partial charge in [-0.05, 0) is 108 Å². The molecule has 4 unspecified atom stereocenters. The Morgan fingerprint density at radius 1 is 0.339 bits per heavy atom. The Bertz CT molecular complexity index is 696. The molecular weight excluding hydrogens is 681 g/mol. The summed E-state index contributed by atoms with van der Waals surface area (Å²) in [5, 5.41) is 0. The summed E-state index contributed by atoms with van der Waals surface area (Å²) in [6.07, 6.45) is 16.9. The third kappa shape index (κ3) is 33.7. The van der Waals surface area contributed by atoms with Crippen molar-refractivity contribution in [2.24, 2.45) is 94.7 Å². The van der Waals surface area contributed by atoms with Crippen molar-refractivity contribution in [2.75, 3.05) is 26.4 Å². The van der Waals surface area contributed by atoms with Crippen LogP contribution in [0.5, 0.6) is 0 Å². The van der Waals surface area contributed by atoms with Gasteiger partial charge in [-0.2, -0.15) is 0 Å². The second-order valence-corrected chi connectivity index (χ2v) is 22.3. The van der Waals surface area contributed by atoms with Gasteiger partial charge in [-0.1, -0.05) is 217 Å². The largest absolute Gasteiger partial charge is 0.381 e. The lowest BCUT2D eigenvalue weighted by atomic mass is 9.80. The van der Waals surface area contributed by atoms with Crippen molar-refractivity contribution >= 4 is 0 Å². The van der Waals surface area contributed by atoms with Gasteiger partial charge < -0.3 is 9.47 Å². The summed E-state index contributed by atoms with van der Waals surface area (Å²) >= 11 is 0. The van der Waals surface area contributed by atoms with E-state index in [2.05, 4.69) is 152 Å². The molecule has 2 fully saturated rings. The van der Waals surface area contributed by atoms with E-state index in [0.29, 0.717) is 0 Å². The minimum absolute atomic E-state index is 0.782. The predicted molar refractivity (Wildman–Crippen MR) is 258 cm³/mol. The molecule has 0 bridgehead atoms. The van der Waals surface area contributed by atoms with Crippen LogP contribution in [0.15, 0.2) is 0 Å². The maximum atomic E-state index is 5.49. The van der Waals surface area contributed by atoms with Gasteiger partial charge in [0.25, 0.3) is 0 Å². The third-order valence-corrected chi connectivity index (χ3v) is 12.9. The summed E-state index contributed by atoms with van der Waals surface area (Å²) in [4.78, 5) is 0. The first-order chi connectivity index (χ1) is 26.0. The van der Waals surface area contributed by atoms with Crippen LogP contribution in [-0.4, -0.2) is 26.4 Å². The number of unbranched alkanes of at least 4 members (excludes halogenated alkanes) is 4. The van der Waals surface area contributed by atoms with E-state index in [0.717, 1.165) is 121 Å². The van der Waals surface area contributed by atoms with Crippen molar-refractivity contribution < 1.29 is 9.47 Å². The highest BCUT2D eigenvalue weighted by atomic mass is 16.5. The fourth-order valence-corrected chi connectivity index (χ4v) is 8.56. The molecule has 2 saturated heterocycles. The highest BCUT2D eigenvalue weighted by Crippen LogP contribution is 2.34. The molecule has 2 heterocycles. The van der Waals surface area contributed by atoms with Gasteiger partial charge in [-0.3, -0.25) is 0 Å². The molecule has 2 rings (SSSR count). The molecule has 342 valence electrons. The van der Waals surface area contributed by atoms with E-state index in [9.17, 15) is 0 Å². The fraction of sp³-hybridized carbons (Fsp3) is 1.00. The first-order valence-corrected chi connectivity index (χ1v) is 25.2.